The van der Waals surface area contributed by atoms with Gasteiger partial charge in [-0.1, -0.05) is 25.3 Å². The van der Waals surface area contributed by atoms with Gasteiger partial charge in [-0.3, -0.25) is 4.90 Å². The second kappa shape index (κ2) is 8.28. The molecule has 1 saturated heterocycles. The smallest absolute Gasteiger partial charge is 0.123 e. The predicted molar refractivity (Wildman–Crippen MR) is 92.1 cm³/mol. The van der Waals surface area contributed by atoms with Crippen molar-refractivity contribution in [3.63, 3.8) is 0 Å². The van der Waals surface area contributed by atoms with Crippen molar-refractivity contribution >= 4 is 12.4 Å². The molecule has 4 heteroatoms. The van der Waals surface area contributed by atoms with Crippen LogP contribution in [0.25, 0.3) is 0 Å². The largest absolute Gasteiger partial charge is 0.314 e. The van der Waals surface area contributed by atoms with E-state index in [0.717, 1.165) is 26.2 Å². The van der Waals surface area contributed by atoms with Gasteiger partial charge in [0.15, 0.2) is 0 Å². The van der Waals surface area contributed by atoms with Gasteiger partial charge in [0.1, 0.15) is 5.82 Å². The summed E-state index contributed by atoms with van der Waals surface area (Å²) >= 11 is 0. The van der Waals surface area contributed by atoms with Crippen LogP contribution >= 0.6 is 12.4 Å². The number of rotatable bonds is 3. The summed E-state index contributed by atoms with van der Waals surface area (Å²) in [6, 6.07) is 5.73. The lowest BCUT2D eigenvalue weighted by molar-refractivity contribution is 0.103. The van der Waals surface area contributed by atoms with Crippen LogP contribution in [-0.4, -0.2) is 31.1 Å². The molecule has 124 valence electrons. The van der Waals surface area contributed by atoms with Crippen LogP contribution in [0.2, 0.25) is 0 Å². The quantitative estimate of drug-likeness (QED) is 0.900. The second-order valence-electron chi connectivity index (χ2n) is 6.63. The molecule has 2 nitrogen and oxygen atoms in total. The summed E-state index contributed by atoms with van der Waals surface area (Å²) < 4.78 is 13.8. The summed E-state index contributed by atoms with van der Waals surface area (Å²) in [6.07, 6.45) is 6.63. The van der Waals surface area contributed by atoms with Crippen LogP contribution in [0.5, 0.6) is 0 Å². The Morgan fingerprint density at radius 2 is 1.82 bits per heavy atom. The van der Waals surface area contributed by atoms with Gasteiger partial charge < -0.3 is 5.32 Å². The van der Waals surface area contributed by atoms with E-state index in [1.54, 1.807) is 12.1 Å². The van der Waals surface area contributed by atoms with Gasteiger partial charge in [-0.15, -0.1) is 12.4 Å². The molecule has 1 heterocycles. The van der Waals surface area contributed by atoms with Crippen molar-refractivity contribution in [2.75, 3.05) is 26.2 Å². The highest BCUT2D eigenvalue weighted by molar-refractivity contribution is 5.85. The van der Waals surface area contributed by atoms with Crippen molar-refractivity contribution in [1.82, 2.24) is 10.2 Å². The van der Waals surface area contributed by atoms with Crippen molar-refractivity contribution in [3.8, 4) is 0 Å². The van der Waals surface area contributed by atoms with Crippen LogP contribution in [-0.2, 0) is 0 Å². The fraction of sp³-hybridized carbons (Fsp3) is 0.667. The molecule has 2 fully saturated rings. The van der Waals surface area contributed by atoms with Crippen LogP contribution in [0, 0.1) is 18.7 Å². The molecule has 1 aliphatic heterocycles. The van der Waals surface area contributed by atoms with Gasteiger partial charge in [-0.05, 0) is 48.9 Å². The van der Waals surface area contributed by atoms with E-state index in [0.29, 0.717) is 12.0 Å². The Morgan fingerprint density at radius 1 is 1.14 bits per heavy atom. The Labute approximate surface area is 139 Å². The fourth-order valence-electron chi connectivity index (χ4n) is 4.09. The molecule has 1 N–H and O–H groups in total. The van der Waals surface area contributed by atoms with Gasteiger partial charge in [0, 0.05) is 32.2 Å². The molecule has 0 unspecified atom stereocenters. The molecule has 1 saturated carbocycles. The normalized spacial score (nSPS) is 22.1. The maximum atomic E-state index is 13.8. The van der Waals surface area contributed by atoms with Crippen LogP contribution in [0.3, 0.4) is 0 Å². The van der Waals surface area contributed by atoms with Gasteiger partial charge in [0.25, 0.3) is 0 Å². The van der Waals surface area contributed by atoms with E-state index in [1.165, 1.54) is 43.2 Å². The zero-order valence-electron chi connectivity index (χ0n) is 13.5. The maximum Gasteiger partial charge on any atom is 0.123 e. The van der Waals surface area contributed by atoms with E-state index in [9.17, 15) is 4.39 Å². The monoisotopic (exact) mass is 326 g/mol. The first-order chi connectivity index (χ1) is 10.3. The molecule has 0 bridgehead atoms. The van der Waals surface area contributed by atoms with Crippen LogP contribution in [0.15, 0.2) is 18.2 Å². The molecule has 2 aliphatic rings. The number of nitrogens with one attached hydrogen (secondary N) is 1. The summed E-state index contributed by atoms with van der Waals surface area (Å²) in [5.41, 5.74) is 2.47. The number of nitrogens with zero attached hydrogens (tertiary/aromatic N) is 1. The highest BCUT2D eigenvalue weighted by Crippen LogP contribution is 2.39. The van der Waals surface area contributed by atoms with Crippen LogP contribution in [0.4, 0.5) is 4.39 Å². The summed E-state index contributed by atoms with van der Waals surface area (Å²) in [5.74, 6) is 0.601. The molecule has 1 atom stereocenters. The molecule has 0 spiro atoms. The summed E-state index contributed by atoms with van der Waals surface area (Å²) in [7, 11) is 0. The molecule has 0 aromatic heterocycles. The Balaban J connectivity index is 0.00000176. The van der Waals surface area contributed by atoms with Crippen molar-refractivity contribution in [1.29, 1.82) is 0 Å². The SMILES string of the molecule is Cc1ccc(F)cc1[C@H](C1CCCCC1)N1CCNCC1.Cl. The number of hydrogen-bond donors (Lipinski definition) is 1. The summed E-state index contributed by atoms with van der Waals surface area (Å²) in [4.78, 5) is 2.59. The van der Waals surface area contributed by atoms with Gasteiger partial charge in [0.05, 0.1) is 0 Å². The van der Waals surface area contributed by atoms with Crippen molar-refractivity contribution in [2.45, 2.75) is 45.1 Å². The molecule has 1 aromatic rings. The molecule has 22 heavy (non-hydrogen) atoms. The van der Waals surface area contributed by atoms with Gasteiger partial charge in [-0.25, -0.2) is 4.39 Å². The molecule has 3 rings (SSSR count). The zero-order chi connectivity index (χ0) is 14.7. The van der Waals surface area contributed by atoms with Crippen LogP contribution in [0.1, 0.15) is 49.3 Å². The molecular weight excluding hydrogens is 299 g/mol. The number of piperazine rings is 1. The maximum absolute atomic E-state index is 13.8. The Hall–Kier alpha value is -0.640. The second-order valence-corrected chi connectivity index (χ2v) is 6.63. The van der Waals surface area contributed by atoms with Gasteiger partial charge >= 0.3 is 0 Å². The van der Waals surface area contributed by atoms with Crippen LogP contribution < -0.4 is 5.32 Å². The Morgan fingerprint density at radius 3 is 2.50 bits per heavy atom. The van der Waals surface area contributed by atoms with Crippen molar-refractivity contribution in [2.24, 2.45) is 5.92 Å². The molecule has 1 aliphatic carbocycles. The van der Waals surface area contributed by atoms with E-state index in [-0.39, 0.29) is 18.2 Å². The number of aryl methyl sites for hydroxylation is 1. The third-order valence-corrected chi connectivity index (χ3v) is 5.20. The van der Waals surface area contributed by atoms with E-state index in [2.05, 4.69) is 17.1 Å². The number of hydrogen-bond acceptors (Lipinski definition) is 2. The van der Waals surface area contributed by atoms with E-state index in [4.69, 9.17) is 0 Å². The van der Waals surface area contributed by atoms with E-state index < -0.39 is 0 Å². The topological polar surface area (TPSA) is 15.3 Å². The molecular formula is C18H28ClFN2. The fourth-order valence-corrected chi connectivity index (χ4v) is 4.09. The van der Waals surface area contributed by atoms with Gasteiger partial charge in [0.2, 0.25) is 0 Å². The lowest BCUT2D eigenvalue weighted by Crippen LogP contribution is -2.47. The highest BCUT2D eigenvalue weighted by Gasteiger charge is 2.31. The third-order valence-electron chi connectivity index (χ3n) is 5.20. The lowest BCUT2D eigenvalue weighted by atomic mass is 9.79. The number of halogens is 2. The first-order valence-corrected chi connectivity index (χ1v) is 8.46. The standard InChI is InChI=1S/C18H27FN2.ClH/c1-14-7-8-16(19)13-17(14)18(15-5-3-2-4-6-15)21-11-9-20-10-12-21;/h7-8,13,15,18,20H,2-6,9-12H2,1H3;1H/t18-;/m0./s1. The Kier molecular flexibility index (Phi) is 6.66. The average Bonchev–Trinajstić information content (AvgIpc) is 2.53. The molecule has 0 radical (unpaired) electrons. The molecule has 1 aromatic carbocycles. The minimum atomic E-state index is -0.0912. The average molecular weight is 327 g/mol. The minimum Gasteiger partial charge on any atom is -0.314 e. The number of benzene rings is 1. The van der Waals surface area contributed by atoms with E-state index >= 15 is 0 Å². The first-order valence-electron chi connectivity index (χ1n) is 8.46. The summed E-state index contributed by atoms with van der Waals surface area (Å²) in [5, 5.41) is 3.43. The predicted octanol–water partition coefficient (Wildman–Crippen LogP) is 4.08. The van der Waals surface area contributed by atoms with Gasteiger partial charge in [-0.2, -0.15) is 0 Å². The third kappa shape index (κ3) is 4.01. The molecule has 0 amide bonds. The van der Waals surface area contributed by atoms with Crippen molar-refractivity contribution < 1.29 is 4.39 Å². The highest BCUT2D eigenvalue weighted by atomic mass is 35.5. The minimum absolute atomic E-state index is 0. The lowest BCUT2D eigenvalue weighted by Gasteiger charge is -2.41. The van der Waals surface area contributed by atoms with Crippen molar-refractivity contribution in [3.05, 3.63) is 35.1 Å². The first kappa shape index (κ1) is 17.7. The zero-order valence-corrected chi connectivity index (χ0v) is 14.3. The Bertz CT molecular complexity index is 450. The summed E-state index contributed by atoms with van der Waals surface area (Å²) in [6.45, 7) is 6.40. The van der Waals surface area contributed by atoms with E-state index in [1.807, 2.05) is 6.07 Å².